The molecule has 0 aromatic heterocycles. The van der Waals surface area contributed by atoms with Gasteiger partial charge in [0.15, 0.2) is 0 Å². The number of nitrogens with zero attached hydrogens (tertiary/aromatic N) is 1. The van der Waals surface area contributed by atoms with Gasteiger partial charge in [0.05, 0.1) is 18.9 Å². The Bertz CT molecular complexity index is 1380. The van der Waals surface area contributed by atoms with Crippen LogP contribution in [-0.2, 0) is 24.6 Å². The van der Waals surface area contributed by atoms with E-state index in [4.69, 9.17) is 8.92 Å². The van der Waals surface area contributed by atoms with Gasteiger partial charge in [0.2, 0.25) is 0 Å². The lowest BCUT2D eigenvalue weighted by Gasteiger charge is -2.43. The third kappa shape index (κ3) is 6.14. The van der Waals surface area contributed by atoms with Crippen LogP contribution in [0.5, 0.6) is 0 Å². The molecule has 1 aliphatic heterocycles. The average molecular weight is 534 g/mol. The normalized spacial score (nSPS) is 18.9. The zero-order chi connectivity index (χ0) is 26.8. The van der Waals surface area contributed by atoms with Crippen molar-refractivity contribution in [2.75, 3.05) is 19.4 Å². The summed E-state index contributed by atoms with van der Waals surface area (Å²) in [6.07, 6.45) is 0.568. The lowest BCUT2D eigenvalue weighted by atomic mass is 9.85. The van der Waals surface area contributed by atoms with Crippen LogP contribution in [0.4, 0.5) is 18.0 Å². The third-order valence-electron chi connectivity index (χ3n) is 6.55. The summed E-state index contributed by atoms with van der Waals surface area (Å²) < 4.78 is 75.3. The van der Waals surface area contributed by atoms with Crippen LogP contribution < -0.4 is 0 Å². The summed E-state index contributed by atoms with van der Waals surface area (Å²) in [6.45, 7) is 1.73. The van der Waals surface area contributed by atoms with Gasteiger partial charge in [-0.15, -0.1) is 0 Å². The Balaban J connectivity index is 1.54. The van der Waals surface area contributed by atoms with Crippen LogP contribution >= 0.6 is 0 Å². The van der Waals surface area contributed by atoms with Gasteiger partial charge in [-0.1, -0.05) is 36.4 Å². The number of carbonyl (C=O) groups is 1. The van der Waals surface area contributed by atoms with Crippen LogP contribution in [0.3, 0.4) is 0 Å². The Kier molecular flexibility index (Phi) is 7.61. The van der Waals surface area contributed by atoms with E-state index in [1.165, 1.54) is 59.5 Å². The highest BCUT2D eigenvalue weighted by Crippen LogP contribution is 2.40. The highest BCUT2D eigenvalue weighted by Gasteiger charge is 2.43. The average Bonchev–Trinajstić information content (AvgIpc) is 2.84. The number of hydrogen-bond acceptors (Lipinski definition) is 5. The number of hydrogen-bond donors (Lipinski definition) is 0. The van der Waals surface area contributed by atoms with Crippen molar-refractivity contribution in [3.05, 3.63) is 95.3 Å². The fraction of sp³-hybridized carbons (Fsp3) is 0.296. The molecule has 6 nitrogen and oxygen atoms in total. The monoisotopic (exact) mass is 533 g/mol. The predicted molar refractivity (Wildman–Crippen MR) is 132 cm³/mol. The number of amides is 1. The van der Waals surface area contributed by atoms with Gasteiger partial charge in [0, 0.05) is 24.9 Å². The SMILES string of the molecule is C[C@@H](c1ccc(-c2ccc(F)cc2)c(F)c1)N1CC[C@](CCOS(C)(=O)=O)(c2ccc(F)cc2)OC1=O. The Morgan fingerprint density at radius 3 is 2.19 bits per heavy atom. The van der Waals surface area contributed by atoms with Gasteiger partial charge in [0.25, 0.3) is 10.1 Å². The van der Waals surface area contributed by atoms with E-state index in [1.807, 2.05) is 0 Å². The van der Waals surface area contributed by atoms with E-state index in [1.54, 1.807) is 19.1 Å². The maximum Gasteiger partial charge on any atom is 0.411 e. The molecule has 1 amide bonds. The van der Waals surface area contributed by atoms with Crippen molar-refractivity contribution in [2.45, 2.75) is 31.4 Å². The predicted octanol–water partition coefficient (Wildman–Crippen LogP) is 5.94. The molecular formula is C27H26F3NO5S. The van der Waals surface area contributed by atoms with Crippen molar-refractivity contribution in [3.63, 3.8) is 0 Å². The Labute approximate surface area is 213 Å². The summed E-state index contributed by atoms with van der Waals surface area (Å²) in [6, 6.07) is 15.0. The molecule has 0 N–H and O–H groups in total. The Hall–Kier alpha value is -3.37. The summed E-state index contributed by atoms with van der Waals surface area (Å²) in [5, 5.41) is 0. The molecule has 0 radical (unpaired) electrons. The van der Waals surface area contributed by atoms with Crippen molar-refractivity contribution in [1.29, 1.82) is 0 Å². The highest BCUT2D eigenvalue weighted by atomic mass is 32.2. The van der Waals surface area contributed by atoms with E-state index < -0.39 is 45.3 Å². The summed E-state index contributed by atoms with van der Waals surface area (Å²) in [5.41, 5.74) is 0.661. The second kappa shape index (κ2) is 10.5. The lowest BCUT2D eigenvalue weighted by Crippen LogP contribution is -2.49. The molecule has 0 unspecified atom stereocenters. The van der Waals surface area contributed by atoms with Gasteiger partial charge >= 0.3 is 6.09 Å². The molecule has 3 aromatic carbocycles. The Morgan fingerprint density at radius 2 is 1.62 bits per heavy atom. The first kappa shape index (κ1) is 26.7. The van der Waals surface area contributed by atoms with E-state index >= 15 is 0 Å². The molecule has 0 bridgehead atoms. The molecule has 1 heterocycles. The largest absolute Gasteiger partial charge is 0.438 e. The standard InChI is InChI=1S/C27H26F3NO5S/c1-18(20-5-12-24(25(30)17-20)19-3-8-22(28)9-4-19)31-15-13-27(36-26(31)32,14-16-35-37(2,33)34)21-6-10-23(29)11-7-21/h3-12,17-18H,13-16H2,1-2H3/t18-,27-/m0/s1. The van der Waals surface area contributed by atoms with E-state index in [0.29, 0.717) is 22.3 Å². The molecule has 0 spiro atoms. The van der Waals surface area contributed by atoms with Gasteiger partial charge in [-0.05, 0) is 53.9 Å². The van der Waals surface area contributed by atoms with E-state index in [2.05, 4.69) is 0 Å². The van der Waals surface area contributed by atoms with Crippen molar-refractivity contribution >= 4 is 16.2 Å². The molecule has 4 rings (SSSR count). The van der Waals surface area contributed by atoms with Crippen LogP contribution in [0.15, 0.2) is 66.7 Å². The van der Waals surface area contributed by atoms with Gasteiger partial charge in [0.1, 0.15) is 23.1 Å². The first-order valence-corrected chi connectivity index (χ1v) is 13.4. The summed E-state index contributed by atoms with van der Waals surface area (Å²) in [7, 11) is -3.71. The van der Waals surface area contributed by atoms with E-state index in [9.17, 15) is 26.4 Å². The lowest BCUT2D eigenvalue weighted by molar-refractivity contribution is -0.0702. The molecule has 196 valence electrons. The van der Waals surface area contributed by atoms with Crippen LogP contribution in [-0.4, -0.2) is 38.8 Å². The first-order chi connectivity index (χ1) is 17.5. The fourth-order valence-corrected chi connectivity index (χ4v) is 4.88. The molecule has 3 aromatic rings. The number of carbonyl (C=O) groups excluding carboxylic acids is 1. The minimum absolute atomic E-state index is 0.0423. The topological polar surface area (TPSA) is 72.9 Å². The number of halogens is 3. The van der Waals surface area contributed by atoms with E-state index in [-0.39, 0.29) is 26.0 Å². The zero-order valence-corrected chi connectivity index (χ0v) is 21.1. The van der Waals surface area contributed by atoms with Gasteiger partial charge < -0.3 is 9.64 Å². The second-order valence-corrected chi connectivity index (χ2v) is 10.7. The second-order valence-electron chi connectivity index (χ2n) is 9.01. The summed E-state index contributed by atoms with van der Waals surface area (Å²) in [4.78, 5) is 14.6. The summed E-state index contributed by atoms with van der Waals surface area (Å²) in [5.74, 6) is -1.40. The maximum absolute atomic E-state index is 15.0. The van der Waals surface area contributed by atoms with Gasteiger partial charge in [-0.2, -0.15) is 8.42 Å². The van der Waals surface area contributed by atoms with Crippen LogP contribution in [0.25, 0.3) is 11.1 Å². The molecule has 0 saturated carbocycles. The van der Waals surface area contributed by atoms with Gasteiger partial charge in [-0.25, -0.2) is 18.0 Å². The maximum atomic E-state index is 15.0. The zero-order valence-electron chi connectivity index (χ0n) is 20.3. The molecule has 1 saturated heterocycles. The minimum atomic E-state index is -3.71. The molecule has 37 heavy (non-hydrogen) atoms. The quantitative estimate of drug-likeness (QED) is 0.335. The summed E-state index contributed by atoms with van der Waals surface area (Å²) >= 11 is 0. The number of benzene rings is 3. The number of ether oxygens (including phenoxy) is 1. The molecule has 0 aliphatic carbocycles. The molecule has 2 atom stereocenters. The smallest absolute Gasteiger partial charge is 0.411 e. The number of rotatable bonds is 8. The van der Waals surface area contributed by atoms with Crippen molar-refractivity contribution < 1.29 is 35.3 Å². The molecule has 1 aliphatic rings. The minimum Gasteiger partial charge on any atom is -0.438 e. The van der Waals surface area contributed by atoms with Crippen LogP contribution in [0.2, 0.25) is 0 Å². The molecule has 1 fully saturated rings. The van der Waals surface area contributed by atoms with Gasteiger partial charge in [-0.3, -0.25) is 4.18 Å². The highest BCUT2D eigenvalue weighted by molar-refractivity contribution is 7.85. The molecular weight excluding hydrogens is 507 g/mol. The van der Waals surface area contributed by atoms with E-state index in [0.717, 1.165) is 6.26 Å². The van der Waals surface area contributed by atoms with Crippen LogP contribution in [0, 0.1) is 17.5 Å². The number of cyclic esters (lactones) is 1. The first-order valence-electron chi connectivity index (χ1n) is 11.6. The molecule has 10 heteroatoms. The van der Waals surface area contributed by atoms with Crippen molar-refractivity contribution in [3.8, 4) is 11.1 Å². The van der Waals surface area contributed by atoms with Crippen molar-refractivity contribution in [1.82, 2.24) is 4.90 Å². The Morgan fingerprint density at radius 1 is 1.00 bits per heavy atom. The fourth-order valence-electron chi connectivity index (χ4n) is 4.49. The van der Waals surface area contributed by atoms with Crippen molar-refractivity contribution in [2.24, 2.45) is 0 Å². The van der Waals surface area contributed by atoms with Crippen LogP contribution in [0.1, 0.15) is 36.9 Å². The third-order valence-corrected chi connectivity index (χ3v) is 7.14.